The van der Waals surface area contributed by atoms with Crippen LogP contribution in [0.15, 0.2) is 47.4 Å². The molecule has 2 aliphatic carbocycles. The van der Waals surface area contributed by atoms with E-state index in [1.54, 1.807) is 6.07 Å². The highest BCUT2D eigenvalue weighted by atomic mass is 32.2. The zero-order valence-electron chi connectivity index (χ0n) is 27.4. The minimum atomic E-state index is -4.33. The number of nitrogens with one attached hydrogen (secondary N) is 2. The van der Waals surface area contributed by atoms with Crippen molar-refractivity contribution in [3.63, 3.8) is 0 Å². The van der Waals surface area contributed by atoms with E-state index in [2.05, 4.69) is 15.6 Å². The van der Waals surface area contributed by atoms with Crippen molar-refractivity contribution < 1.29 is 41.3 Å². The molecule has 15 heteroatoms. The molecule has 7 rings (SSSR count). The van der Waals surface area contributed by atoms with Gasteiger partial charge in [-0.25, -0.2) is 27.0 Å². The summed E-state index contributed by atoms with van der Waals surface area (Å²) in [5.74, 6) is 0.0119. The summed E-state index contributed by atoms with van der Waals surface area (Å²) < 4.78 is 76.1. The molecule has 0 bridgehead atoms. The van der Waals surface area contributed by atoms with Gasteiger partial charge < -0.3 is 30.0 Å². The van der Waals surface area contributed by atoms with Crippen molar-refractivity contribution in [2.24, 2.45) is 17.8 Å². The largest absolute Gasteiger partial charge is 0.446 e. The van der Waals surface area contributed by atoms with Crippen LogP contribution in [-0.4, -0.2) is 91.5 Å². The third kappa shape index (κ3) is 7.86. The van der Waals surface area contributed by atoms with Gasteiger partial charge in [-0.1, -0.05) is 23.5 Å². The molecular weight excluding hydrogens is 679 g/mol. The van der Waals surface area contributed by atoms with Crippen molar-refractivity contribution in [3.8, 4) is 0 Å². The first-order valence-electron chi connectivity index (χ1n) is 16.8. The molecule has 1 aromatic heterocycles. The minimum absolute atomic E-state index is 0.0378. The Kier molecular flexibility index (Phi) is 9.60. The molecule has 11 nitrogen and oxygen atoms in total. The summed E-state index contributed by atoms with van der Waals surface area (Å²) in [5, 5.41) is 18.4. The predicted molar refractivity (Wildman–Crippen MR) is 179 cm³/mol. The SMILES string of the molecule is CC(C)(F)CN(C[C@@H](O)[C@H](Cc1ccc(F)cc1)NC(=O)O[C@@H]1CC2CO[C@@H]3OCCC1[C@H]23)S(=O)(=O)c1ccc2nc(NC3CC3)sc2c1. The second-order valence-corrected chi connectivity index (χ2v) is 17.2. The van der Waals surface area contributed by atoms with E-state index < -0.39 is 52.8 Å². The monoisotopic (exact) mass is 720 g/mol. The van der Waals surface area contributed by atoms with Gasteiger partial charge >= 0.3 is 6.09 Å². The molecule has 1 amide bonds. The molecule has 266 valence electrons. The zero-order chi connectivity index (χ0) is 34.5. The van der Waals surface area contributed by atoms with Gasteiger partial charge in [0.1, 0.15) is 17.6 Å². The Labute approximate surface area is 288 Å². The highest BCUT2D eigenvalue weighted by Gasteiger charge is 2.55. The van der Waals surface area contributed by atoms with Crippen molar-refractivity contribution in [1.29, 1.82) is 0 Å². The van der Waals surface area contributed by atoms with E-state index in [0.29, 0.717) is 46.6 Å². The lowest BCUT2D eigenvalue weighted by atomic mass is 9.87. The highest BCUT2D eigenvalue weighted by Crippen LogP contribution is 2.50. The third-order valence-corrected chi connectivity index (χ3v) is 12.6. The zero-order valence-corrected chi connectivity index (χ0v) is 29.0. The fourth-order valence-corrected chi connectivity index (χ4v) is 10.0. The molecule has 0 radical (unpaired) electrons. The summed E-state index contributed by atoms with van der Waals surface area (Å²) in [6.07, 6.45) is 0.634. The van der Waals surface area contributed by atoms with Gasteiger partial charge in [-0.3, -0.25) is 0 Å². The molecule has 3 aromatic rings. The van der Waals surface area contributed by atoms with Crippen LogP contribution in [0.3, 0.4) is 0 Å². The summed E-state index contributed by atoms with van der Waals surface area (Å²) in [6, 6.07) is 9.47. The van der Waals surface area contributed by atoms with Crippen molar-refractivity contribution >= 4 is 42.8 Å². The number of alkyl carbamates (subject to hydrolysis) is 1. The van der Waals surface area contributed by atoms with E-state index in [1.165, 1.54) is 61.6 Å². The maximum absolute atomic E-state index is 15.2. The number of amides is 1. The topological polar surface area (TPSA) is 139 Å². The van der Waals surface area contributed by atoms with Crippen molar-refractivity contribution in [2.75, 3.05) is 31.6 Å². The Morgan fingerprint density at radius 1 is 1.18 bits per heavy atom. The predicted octanol–water partition coefficient (Wildman–Crippen LogP) is 4.84. The maximum atomic E-state index is 15.2. The quantitative estimate of drug-likeness (QED) is 0.226. The number of carbonyl (C=O) groups excluding carboxylic acids is 1. The highest BCUT2D eigenvalue weighted by molar-refractivity contribution is 7.89. The van der Waals surface area contributed by atoms with E-state index in [-0.39, 0.29) is 41.5 Å². The summed E-state index contributed by atoms with van der Waals surface area (Å²) in [7, 11) is -4.33. The van der Waals surface area contributed by atoms with Gasteiger partial charge in [-0.15, -0.1) is 0 Å². The van der Waals surface area contributed by atoms with Gasteiger partial charge in [0, 0.05) is 31.0 Å². The van der Waals surface area contributed by atoms with E-state index in [9.17, 15) is 22.7 Å². The van der Waals surface area contributed by atoms with Gasteiger partial charge in [-0.2, -0.15) is 4.31 Å². The van der Waals surface area contributed by atoms with Crippen LogP contribution in [0.1, 0.15) is 45.1 Å². The number of halogens is 2. The van der Waals surface area contributed by atoms with Crippen LogP contribution in [0, 0.1) is 23.6 Å². The van der Waals surface area contributed by atoms with E-state index in [1.807, 2.05) is 0 Å². The number of fused-ring (bicyclic) bond motifs is 1. The van der Waals surface area contributed by atoms with Crippen LogP contribution in [0.25, 0.3) is 10.2 Å². The number of aliphatic hydroxyl groups excluding tert-OH is 1. The molecule has 3 N–H and O–H groups in total. The fourth-order valence-electron chi connectivity index (χ4n) is 7.32. The van der Waals surface area contributed by atoms with Gasteiger partial charge in [0.15, 0.2) is 11.4 Å². The number of sulfonamides is 1. The van der Waals surface area contributed by atoms with Gasteiger partial charge in [0.25, 0.3) is 0 Å². The second-order valence-electron chi connectivity index (χ2n) is 14.3. The standard InChI is InChI=1S/C34H42F2N4O7S2/c1-34(2,36)18-40(49(43,44)23-9-10-25-29(15-23)48-32(38-25)37-22-7-8-22)16-27(41)26(13-19-3-5-21(35)6-4-19)39-33(42)47-28-14-20-17-46-31-30(20)24(28)11-12-45-31/h3-6,9-10,15,20,22,24,26-28,30-31,41H,7-8,11-14,16-18H2,1-2H3,(H,37,38)(H,39,42)/t20?,24?,26-,27+,28+,30-,31-/m0/s1. The molecule has 0 spiro atoms. The van der Waals surface area contributed by atoms with Crippen molar-refractivity contribution in [3.05, 3.63) is 53.8 Å². The van der Waals surface area contributed by atoms with E-state index >= 15 is 4.39 Å². The van der Waals surface area contributed by atoms with Crippen LogP contribution < -0.4 is 10.6 Å². The summed E-state index contributed by atoms with van der Waals surface area (Å²) >= 11 is 1.34. The van der Waals surface area contributed by atoms with Crippen molar-refractivity contribution in [1.82, 2.24) is 14.6 Å². The average molecular weight is 721 g/mol. The molecule has 4 aliphatic rings. The Morgan fingerprint density at radius 3 is 2.69 bits per heavy atom. The second kappa shape index (κ2) is 13.6. The molecule has 2 saturated heterocycles. The first kappa shape index (κ1) is 34.5. The van der Waals surface area contributed by atoms with Gasteiger partial charge in [0.2, 0.25) is 10.0 Å². The molecule has 7 atom stereocenters. The Morgan fingerprint density at radius 2 is 1.96 bits per heavy atom. The summed E-state index contributed by atoms with van der Waals surface area (Å²) in [6.45, 7) is 2.51. The molecule has 3 heterocycles. The number of thiazole rings is 1. The van der Waals surface area contributed by atoms with E-state index in [0.717, 1.165) is 23.6 Å². The lowest BCUT2D eigenvalue weighted by Crippen LogP contribution is -2.52. The van der Waals surface area contributed by atoms with Crippen LogP contribution in [-0.2, 0) is 30.7 Å². The number of hydrogen-bond donors (Lipinski definition) is 3. The lowest BCUT2D eigenvalue weighted by molar-refractivity contribution is -0.173. The Hall–Kier alpha value is -2.95. The number of alkyl halides is 1. The van der Waals surface area contributed by atoms with Crippen LogP contribution >= 0.6 is 11.3 Å². The van der Waals surface area contributed by atoms with E-state index in [4.69, 9.17) is 14.2 Å². The number of benzene rings is 2. The number of hydrogen-bond acceptors (Lipinski definition) is 10. The average Bonchev–Trinajstić information content (AvgIpc) is 3.45. The van der Waals surface area contributed by atoms with Crippen molar-refractivity contribution in [2.45, 2.75) is 87.1 Å². The number of aromatic nitrogens is 1. The first-order chi connectivity index (χ1) is 23.3. The number of rotatable bonds is 13. The molecule has 2 aromatic carbocycles. The number of nitrogens with zero attached hydrogens (tertiary/aromatic N) is 2. The molecule has 2 unspecified atom stereocenters. The molecule has 4 fully saturated rings. The van der Waals surface area contributed by atoms with Gasteiger partial charge in [-0.05, 0) is 87.8 Å². The van der Waals surface area contributed by atoms with Gasteiger partial charge in [0.05, 0.1) is 40.5 Å². The molecule has 49 heavy (non-hydrogen) atoms. The molecule has 2 aliphatic heterocycles. The maximum Gasteiger partial charge on any atom is 0.407 e. The molecular formula is C34H42F2N4O7S2. The molecule has 2 saturated carbocycles. The van der Waals surface area contributed by atoms with Crippen LogP contribution in [0.4, 0.5) is 18.7 Å². The lowest BCUT2D eigenvalue weighted by Gasteiger charge is -2.33. The first-order valence-corrected chi connectivity index (χ1v) is 19.1. The van der Waals surface area contributed by atoms with Crippen LogP contribution in [0.2, 0.25) is 0 Å². The Bertz CT molecular complexity index is 1760. The number of anilines is 1. The van der Waals surface area contributed by atoms with Crippen LogP contribution in [0.5, 0.6) is 0 Å². The number of aliphatic hydroxyl groups is 1. The third-order valence-electron chi connectivity index (χ3n) is 9.81. The Balaban J connectivity index is 1.10. The minimum Gasteiger partial charge on any atom is -0.446 e. The fraction of sp³-hybridized carbons (Fsp3) is 0.588. The summed E-state index contributed by atoms with van der Waals surface area (Å²) in [4.78, 5) is 17.9. The normalized spacial score (nSPS) is 26.4. The smallest absolute Gasteiger partial charge is 0.407 e. The number of carbonyl (C=O) groups is 1. The summed E-state index contributed by atoms with van der Waals surface area (Å²) in [5.41, 5.74) is -0.716. The number of ether oxygens (including phenoxy) is 3.